The largest absolute Gasteiger partial charge is 0.394 e. The normalized spacial score (nSPS) is 21.7. The molecule has 1 atom stereocenters. The second-order valence-corrected chi connectivity index (χ2v) is 7.55. The number of aliphatic hydroxyl groups is 1. The highest BCUT2D eigenvalue weighted by molar-refractivity contribution is 7.98. The number of aliphatic hydroxyl groups excluding tert-OH is 1. The first-order chi connectivity index (χ1) is 9.72. The van der Waals surface area contributed by atoms with Gasteiger partial charge in [0.05, 0.1) is 12.1 Å². The monoisotopic (exact) mass is 311 g/mol. The third-order valence-electron chi connectivity index (χ3n) is 4.25. The van der Waals surface area contributed by atoms with Gasteiger partial charge in [-0.2, -0.15) is 11.8 Å². The molecule has 1 unspecified atom stereocenters. The summed E-state index contributed by atoms with van der Waals surface area (Å²) < 4.78 is 0. The molecular weight excluding hydrogens is 290 g/mol. The van der Waals surface area contributed by atoms with E-state index in [0.29, 0.717) is 12.0 Å². The van der Waals surface area contributed by atoms with Gasteiger partial charge in [0.1, 0.15) is 0 Å². The molecule has 4 heteroatoms. The van der Waals surface area contributed by atoms with Crippen LogP contribution in [0.25, 0.3) is 0 Å². The summed E-state index contributed by atoms with van der Waals surface area (Å²) in [5, 5.41) is 14.4. The van der Waals surface area contributed by atoms with E-state index in [1.54, 1.807) is 0 Å². The molecule has 0 spiro atoms. The Kier molecular flexibility index (Phi) is 4.61. The maximum Gasteiger partial charge on any atom is 0.0624 e. The van der Waals surface area contributed by atoms with E-state index >= 15 is 0 Å². The van der Waals surface area contributed by atoms with E-state index in [9.17, 15) is 5.11 Å². The standard InChI is InChI=1S/C16H22ClNOS/c17-14-5-1-12(2-6-14)9-20-11-16(10-19,13-3-4-13)18-15-7-8-15/h1-2,5-6,13,15,18-19H,3-4,7-11H2. The topological polar surface area (TPSA) is 32.3 Å². The molecule has 0 heterocycles. The highest BCUT2D eigenvalue weighted by Crippen LogP contribution is 2.43. The van der Waals surface area contributed by atoms with Crippen LogP contribution in [0.5, 0.6) is 0 Å². The zero-order valence-corrected chi connectivity index (χ0v) is 13.2. The molecule has 0 bridgehead atoms. The Labute approximate surface area is 130 Å². The number of nitrogens with one attached hydrogen (secondary N) is 1. The molecule has 0 radical (unpaired) electrons. The summed E-state index contributed by atoms with van der Waals surface area (Å²) in [5.74, 6) is 2.65. The lowest BCUT2D eigenvalue weighted by Gasteiger charge is -2.33. The predicted molar refractivity (Wildman–Crippen MR) is 86.3 cm³/mol. The van der Waals surface area contributed by atoms with Gasteiger partial charge in [-0.15, -0.1) is 0 Å². The van der Waals surface area contributed by atoms with Gasteiger partial charge in [0.15, 0.2) is 0 Å². The van der Waals surface area contributed by atoms with E-state index in [4.69, 9.17) is 11.6 Å². The molecule has 2 fully saturated rings. The molecular formula is C16H22ClNOS. The Balaban J connectivity index is 1.54. The van der Waals surface area contributed by atoms with E-state index < -0.39 is 0 Å². The quantitative estimate of drug-likeness (QED) is 0.771. The number of halogens is 1. The lowest BCUT2D eigenvalue weighted by Crippen LogP contribution is -2.53. The van der Waals surface area contributed by atoms with Crippen molar-refractivity contribution in [3.63, 3.8) is 0 Å². The van der Waals surface area contributed by atoms with Crippen molar-refractivity contribution in [2.45, 2.75) is 43.0 Å². The molecule has 3 rings (SSSR count). The first-order valence-electron chi connectivity index (χ1n) is 7.42. The van der Waals surface area contributed by atoms with Crippen molar-refractivity contribution in [1.29, 1.82) is 0 Å². The lowest BCUT2D eigenvalue weighted by molar-refractivity contribution is 0.157. The Morgan fingerprint density at radius 2 is 1.90 bits per heavy atom. The van der Waals surface area contributed by atoms with Gasteiger partial charge in [0, 0.05) is 22.6 Å². The van der Waals surface area contributed by atoms with Crippen LogP contribution in [0.15, 0.2) is 24.3 Å². The maximum absolute atomic E-state index is 9.90. The highest BCUT2D eigenvalue weighted by atomic mass is 35.5. The van der Waals surface area contributed by atoms with E-state index in [1.165, 1.54) is 31.2 Å². The van der Waals surface area contributed by atoms with E-state index in [1.807, 2.05) is 23.9 Å². The van der Waals surface area contributed by atoms with Crippen LogP contribution in [0.3, 0.4) is 0 Å². The van der Waals surface area contributed by atoms with E-state index in [0.717, 1.165) is 16.5 Å². The molecule has 2 aliphatic carbocycles. The molecule has 20 heavy (non-hydrogen) atoms. The van der Waals surface area contributed by atoms with Crippen LogP contribution in [0, 0.1) is 5.92 Å². The summed E-state index contributed by atoms with van der Waals surface area (Å²) in [5.41, 5.74) is 1.26. The molecule has 2 saturated carbocycles. The molecule has 0 saturated heterocycles. The number of thioether (sulfide) groups is 1. The fraction of sp³-hybridized carbons (Fsp3) is 0.625. The average Bonchev–Trinajstić information content (AvgIpc) is 3.33. The van der Waals surface area contributed by atoms with Crippen LogP contribution in [0.4, 0.5) is 0 Å². The fourth-order valence-corrected chi connectivity index (χ4v) is 4.13. The Morgan fingerprint density at radius 1 is 1.20 bits per heavy atom. The minimum Gasteiger partial charge on any atom is -0.394 e. The lowest BCUT2D eigenvalue weighted by atomic mass is 9.96. The molecule has 2 nitrogen and oxygen atoms in total. The summed E-state index contributed by atoms with van der Waals surface area (Å²) in [6, 6.07) is 8.71. The summed E-state index contributed by atoms with van der Waals surface area (Å²) in [6.45, 7) is 0.266. The molecule has 110 valence electrons. The summed E-state index contributed by atoms with van der Waals surface area (Å²) in [6.07, 6.45) is 5.08. The van der Waals surface area contributed by atoms with Crippen LogP contribution in [-0.2, 0) is 5.75 Å². The van der Waals surface area contributed by atoms with Crippen molar-refractivity contribution in [2.75, 3.05) is 12.4 Å². The van der Waals surface area contributed by atoms with Crippen molar-refractivity contribution < 1.29 is 5.11 Å². The number of rotatable bonds is 8. The number of hydrogen-bond acceptors (Lipinski definition) is 3. The SMILES string of the molecule is OCC(CSCc1ccc(Cl)cc1)(NC1CC1)C1CC1. The van der Waals surface area contributed by atoms with Gasteiger partial charge in [-0.1, -0.05) is 23.7 Å². The summed E-state index contributed by atoms with van der Waals surface area (Å²) >= 11 is 7.82. The minimum absolute atomic E-state index is 0.0434. The van der Waals surface area contributed by atoms with Crippen LogP contribution in [0.2, 0.25) is 5.02 Å². The molecule has 0 aromatic heterocycles. The predicted octanol–water partition coefficient (Wildman–Crippen LogP) is 3.47. The van der Waals surface area contributed by atoms with E-state index in [2.05, 4.69) is 17.4 Å². The fourth-order valence-electron chi connectivity index (χ4n) is 2.70. The molecule has 1 aromatic rings. The maximum atomic E-state index is 9.90. The molecule has 2 aliphatic rings. The highest BCUT2D eigenvalue weighted by Gasteiger charge is 2.47. The average molecular weight is 312 g/mol. The molecule has 0 amide bonds. The third-order valence-corrected chi connectivity index (χ3v) is 5.76. The number of benzene rings is 1. The van der Waals surface area contributed by atoms with Gasteiger partial charge in [-0.25, -0.2) is 0 Å². The van der Waals surface area contributed by atoms with E-state index in [-0.39, 0.29) is 12.1 Å². The van der Waals surface area contributed by atoms with Gasteiger partial charge in [0.25, 0.3) is 0 Å². The number of hydrogen-bond donors (Lipinski definition) is 2. The van der Waals surface area contributed by atoms with Gasteiger partial charge in [-0.05, 0) is 49.3 Å². The zero-order valence-electron chi connectivity index (χ0n) is 11.6. The second-order valence-electron chi connectivity index (χ2n) is 6.13. The second kappa shape index (κ2) is 6.27. The first-order valence-corrected chi connectivity index (χ1v) is 8.96. The zero-order chi connectivity index (χ0) is 14.0. The first kappa shape index (κ1) is 14.7. The summed E-state index contributed by atoms with van der Waals surface area (Å²) in [7, 11) is 0. The molecule has 0 aliphatic heterocycles. The van der Waals surface area contributed by atoms with Crippen molar-refractivity contribution in [3.8, 4) is 0 Å². The van der Waals surface area contributed by atoms with Crippen LogP contribution >= 0.6 is 23.4 Å². The van der Waals surface area contributed by atoms with Crippen molar-refractivity contribution >= 4 is 23.4 Å². The Morgan fingerprint density at radius 3 is 2.45 bits per heavy atom. The van der Waals surface area contributed by atoms with Gasteiger partial charge in [0.2, 0.25) is 0 Å². The van der Waals surface area contributed by atoms with Gasteiger partial charge in [-0.3, -0.25) is 0 Å². The smallest absolute Gasteiger partial charge is 0.0624 e. The summed E-state index contributed by atoms with van der Waals surface area (Å²) in [4.78, 5) is 0. The minimum atomic E-state index is -0.0434. The van der Waals surface area contributed by atoms with Gasteiger partial charge < -0.3 is 10.4 Å². The molecule has 1 aromatic carbocycles. The van der Waals surface area contributed by atoms with Crippen molar-refractivity contribution in [2.24, 2.45) is 5.92 Å². The van der Waals surface area contributed by atoms with Gasteiger partial charge >= 0.3 is 0 Å². The van der Waals surface area contributed by atoms with Crippen LogP contribution in [-0.4, -0.2) is 29.0 Å². The third kappa shape index (κ3) is 3.70. The Bertz CT molecular complexity index is 444. The molecule has 2 N–H and O–H groups in total. The Hall–Kier alpha value is -0.220. The van der Waals surface area contributed by atoms with Crippen molar-refractivity contribution in [3.05, 3.63) is 34.9 Å². The van der Waals surface area contributed by atoms with Crippen LogP contribution in [0.1, 0.15) is 31.2 Å². The van der Waals surface area contributed by atoms with Crippen molar-refractivity contribution in [1.82, 2.24) is 5.32 Å². The van der Waals surface area contributed by atoms with Crippen LogP contribution < -0.4 is 5.32 Å².